The highest BCUT2D eigenvalue weighted by Crippen LogP contribution is 2.38. The van der Waals surface area contributed by atoms with Crippen molar-refractivity contribution in [2.75, 3.05) is 12.3 Å². The predicted molar refractivity (Wildman–Crippen MR) is 87.6 cm³/mol. The van der Waals surface area contributed by atoms with E-state index >= 15 is 0 Å². The zero-order valence-corrected chi connectivity index (χ0v) is 13.5. The largest absolute Gasteiger partial charge is 0.397 e. The summed E-state index contributed by atoms with van der Waals surface area (Å²) in [5.41, 5.74) is 6.55. The van der Waals surface area contributed by atoms with E-state index in [9.17, 15) is 4.79 Å². The zero-order valence-electron chi connectivity index (χ0n) is 11.9. The Morgan fingerprint density at radius 1 is 1.52 bits per heavy atom. The van der Waals surface area contributed by atoms with Gasteiger partial charge in [-0.25, -0.2) is 0 Å². The average Bonchev–Trinajstić information content (AvgIpc) is 2.77. The van der Waals surface area contributed by atoms with Crippen LogP contribution in [0, 0.1) is 11.3 Å². The number of nitrogen functional groups attached to an aromatic ring is 1. The smallest absolute Gasteiger partial charge is 0.266 e. The number of hydrogen-bond acceptors (Lipinski definition) is 4. The molecule has 2 N–H and O–H groups in total. The van der Waals surface area contributed by atoms with Crippen LogP contribution in [-0.4, -0.2) is 23.4 Å². The number of nitriles is 1. The van der Waals surface area contributed by atoms with Gasteiger partial charge < -0.3 is 10.6 Å². The Kier molecular flexibility index (Phi) is 4.71. The first kappa shape index (κ1) is 15.6. The molecule has 110 valence electrons. The van der Waals surface area contributed by atoms with E-state index in [-0.39, 0.29) is 11.9 Å². The van der Waals surface area contributed by atoms with Crippen molar-refractivity contribution in [1.82, 2.24) is 4.90 Å². The minimum atomic E-state index is -0.144. The van der Waals surface area contributed by atoms with Crippen molar-refractivity contribution in [3.63, 3.8) is 0 Å². The van der Waals surface area contributed by atoms with E-state index in [0.717, 1.165) is 10.1 Å². The number of thiophene rings is 1. The van der Waals surface area contributed by atoms with Gasteiger partial charge in [0.25, 0.3) is 5.91 Å². The van der Waals surface area contributed by atoms with Crippen LogP contribution in [0.15, 0.2) is 18.2 Å². The monoisotopic (exact) mass is 321 g/mol. The standard InChI is InChI=1S/C15H16ClN3OS/c1-9(2)19(8-4-7-17)15(20)14-13(18)12-10(16)5-3-6-11(12)21-14/h3,5-6,9H,4,8,18H2,1-2H3. The minimum Gasteiger partial charge on any atom is -0.397 e. The number of hydrogen-bond donors (Lipinski definition) is 1. The van der Waals surface area contributed by atoms with Crippen molar-refractivity contribution in [3.05, 3.63) is 28.1 Å². The zero-order chi connectivity index (χ0) is 15.6. The molecule has 0 fully saturated rings. The van der Waals surface area contributed by atoms with Gasteiger partial charge in [0.1, 0.15) is 4.88 Å². The Morgan fingerprint density at radius 3 is 2.81 bits per heavy atom. The molecule has 1 aromatic carbocycles. The molecule has 1 heterocycles. The quantitative estimate of drug-likeness (QED) is 0.928. The molecule has 0 saturated carbocycles. The summed E-state index contributed by atoms with van der Waals surface area (Å²) < 4.78 is 0.896. The van der Waals surface area contributed by atoms with Gasteiger partial charge in [0.05, 0.1) is 23.2 Å². The van der Waals surface area contributed by atoms with Crippen molar-refractivity contribution in [2.24, 2.45) is 0 Å². The molecule has 2 rings (SSSR count). The number of carbonyl (C=O) groups excluding carboxylic acids is 1. The van der Waals surface area contributed by atoms with Crippen LogP contribution in [0.5, 0.6) is 0 Å². The van der Waals surface area contributed by atoms with Crippen molar-refractivity contribution >= 4 is 44.6 Å². The summed E-state index contributed by atoms with van der Waals surface area (Å²) in [6.07, 6.45) is 0.301. The van der Waals surface area contributed by atoms with Gasteiger partial charge in [-0.1, -0.05) is 17.7 Å². The van der Waals surface area contributed by atoms with Gasteiger partial charge in [-0.2, -0.15) is 5.26 Å². The van der Waals surface area contributed by atoms with Gasteiger partial charge in [-0.3, -0.25) is 4.79 Å². The van der Waals surface area contributed by atoms with Crippen molar-refractivity contribution < 1.29 is 4.79 Å². The molecular formula is C15H16ClN3OS. The molecule has 0 bridgehead atoms. The Labute approximate surface area is 132 Å². The predicted octanol–water partition coefficient (Wildman–Crippen LogP) is 3.90. The molecule has 21 heavy (non-hydrogen) atoms. The normalized spacial score (nSPS) is 10.8. The molecule has 0 aliphatic carbocycles. The fourth-order valence-corrected chi connectivity index (χ4v) is 3.62. The Morgan fingerprint density at radius 2 is 2.24 bits per heavy atom. The lowest BCUT2D eigenvalue weighted by atomic mass is 10.2. The van der Waals surface area contributed by atoms with Gasteiger partial charge in [0, 0.05) is 22.7 Å². The van der Waals surface area contributed by atoms with Crippen LogP contribution in [0.2, 0.25) is 5.02 Å². The number of nitrogens with zero attached hydrogens (tertiary/aromatic N) is 2. The molecule has 2 aromatic rings. The Hall–Kier alpha value is -1.77. The summed E-state index contributed by atoms with van der Waals surface area (Å²) >= 11 is 7.51. The molecule has 0 saturated heterocycles. The third kappa shape index (κ3) is 2.97. The summed E-state index contributed by atoms with van der Waals surface area (Å²) in [6.45, 7) is 4.24. The average molecular weight is 322 g/mol. The summed E-state index contributed by atoms with van der Waals surface area (Å²) in [5.74, 6) is -0.144. The minimum absolute atomic E-state index is 0.00549. The van der Waals surface area contributed by atoms with Crippen molar-refractivity contribution in [3.8, 4) is 6.07 Å². The van der Waals surface area contributed by atoms with Crippen LogP contribution in [-0.2, 0) is 0 Å². The van der Waals surface area contributed by atoms with Crippen LogP contribution < -0.4 is 5.73 Å². The highest BCUT2D eigenvalue weighted by Gasteiger charge is 2.24. The van der Waals surface area contributed by atoms with E-state index in [1.807, 2.05) is 26.0 Å². The molecule has 0 atom stereocenters. The second kappa shape index (κ2) is 6.33. The van der Waals surface area contributed by atoms with Crippen molar-refractivity contribution in [2.45, 2.75) is 26.3 Å². The summed E-state index contributed by atoms with van der Waals surface area (Å²) in [6, 6.07) is 7.57. The molecule has 1 amide bonds. The lowest BCUT2D eigenvalue weighted by Crippen LogP contribution is -2.37. The van der Waals surface area contributed by atoms with E-state index < -0.39 is 0 Å². The van der Waals surface area contributed by atoms with Crippen LogP contribution in [0.4, 0.5) is 5.69 Å². The van der Waals surface area contributed by atoms with Crippen LogP contribution in [0.3, 0.4) is 0 Å². The lowest BCUT2D eigenvalue weighted by molar-refractivity contribution is 0.0716. The first-order valence-electron chi connectivity index (χ1n) is 6.61. The lowest BCUT2D eigenvalue weighted by Gasteiger charge is -2.25. The fraction of sp³-hybridized carbons (Fsp3) is 0.333. The number of anilines is 1. The first-order valence-corrected chi connectivity index (χ1v) is 7.81. The van der Waals surface area contributed by atoms with E-state index in [1.165, 1.54) is 11.3 Å². The third-order valence-corrected chi connectivity index (χ3v) is 4.72. The topological polar surface area (TPSA) is 70.1 Å². The maximum Gasteiger partial charge on any atom is 0.266 e. The number of halogens is 1. The van der Waals surface area contributed by atoms with Gasteiger partial charge in [0.15, 0.2) is 0 Å². The Bertz CT molecular complexity index is 718. The molecule has 0 aliphatic heterocycles. The van der Waals surface area contributed by atoms with Gasteiger partial charge in [0.2, 0.25) is 0 Å². The van der Waals surface area contributed by atoms with Gasteiger partial charge in [-0.05, 0) is 26.0 Å². The SMILES string of the molecule is CC(C)N(CCC#N)C(=O)c1sc2cccc(Cl)c2c1N. The van der Waals surface area contributed by atoms with Crippen LogP contribution >= 0.6 is 22.9 Å². The second-order valence-corrected chi connectivity index (χ2v) is 6.42. The van der Waals surface area contributed by atoms with E-state index in [4.69, 9.17) is 22.6 Å². The highest BCUT2D eigenvalue weighted by molar-refractivity contribution is 7.21. The molecule has 0 radical (unpaired) electrons. The summed E-state index contributed by atoms with van der Waals surface area (Å²) in [7, 11) is 0. The molecular weight excluding hydrogens is 306 g/mol. The second-order valence-electron chi connectivity index (χ2n) is 4.96. The number of fused-ring (bicyclic) bond motifs is 1. The number of carbonyl (C=O) groups is 1. The maximum atomic E-state index is 12.7. The Balaban J connectivity index is 2.45. The molecule has 0 spiro atoms. The van der Waals surface area contributed by atoms with Crippen LogP contribution in [0.25, 0.3) is 10.1 Å². The molecule has 4 nitrogen and oxygen atoms in total. The maximum absolute atomic E-state index is 12.7. The molecule has 1 aromatic heterocycles. The number of rotatable bonds is 4. The molecule has 6 heteroatoms. The van der Waals surface area contributed by atoms with E-state index in [0.29, 0.717) is 28.6 Å². The number of benzene rings is 1. The van der Waals surface area contributed by atoms with Crippen molar-refractivity contribution in [1.29, 1.82) is 5.26 Å². The van der Waals surface area contributed by atoms with Gasteiger partial charge in [-0.15, -0.1) is 11.3 Å². The van der Waals surface area contributed by atoms with Gasteiger partial charge >= 0.3 is 0 Å². The fourth-order valence-electron chi connectivity index (χ4n) is 2.18. The van der Waals surface area contributed by atoms with E-state index in [2.05, 4.69) is 6.07 Å². The summed E-state index contributed by atoms with van der Waals surface area (Å²) in [4.78, 5) is 14.9. The number of amides is 1. The molecule has 0 aliphatic rings. The van der Waals surface area contributed by atoms with Crippen LogP contribution in [0.1, 0.15) is 29.9 Å². The number of nitrogens with two attached hydrogens (primary N) is 1. The first-order chi connectivity index (χ1) is 9.97. The molecule has 0 unspecified atom stereocenters. The van der Waals surface area contributed by atoms with E-state index in [1.54, 1.807) is 11.0 Å². The summed E-state index contributed by atoms with van der Waals surface area (Å²) in [5, 5.41) is 10.0. The highest BCUT2D eigenvalue weighted by atomic mass is 35.5. The third-order valence-electron chi connectivity index (χ3n) is 3.24.